The van der Waals surface area contributed by atoms with Crippen molar-refractivity contribution in [1.82, 2.24) is 10.3 Å². The molecule has 1 aromatic heterocycles. The van der Waals surface area contributed by atoms with E-state index in [0.717, 1.165) is 18.9 Å². The van der Waals surface area contributed by atoms with Crippen LogP contribution < -0.4 is 15.5 Å². The Morgan fingerprint density at radius 3 is 2.62 bits per heavy atom. The van der Waals surface area contributed by atoms with Gasteiger partial charge < -0.3 is 20.3 Å². The van der Waals surface area contributed by atoms with Crippen molar-refractivity contribution in [2.75, 3.05) is 36.5 Å². The maximum Gasteiger partial charge on any atom is 0.246 e. The first-order valence-corrected chi connectivity index (χ1v) is 6.93. The molecule has 1 aliphatic rings. The van der Waals surface area contributed by atoms with Gasteiger partial charge in [-0.25, -0.2) is 4.98 Å². The fourth-order valence-corrected chi connectivity index (χ4v) is 2.06. The quantitative estimate of drug-likeness (QED) is 0.838. The van der Waals surface area contributed by atoms with Crippen molar-refractivity contribution in [3.63, 3.8) is 0 Å². The zero-order valence-electron chi connectivity index (χ0n) is 12.3. The second-order valence-electron chi connectivity index (χ2n) is 4.92. The van der Waals surface area contributed by atoms with E-state index in [-0.39, 0.29) is 11.8 Å². The first kappa shape index (κ1) is 15.2. The molecular formula is C14H20N4O3. The van der Waals surface area contributed by atoms with E-state index >= 15 is 0 Å². The molecule has 1 atom stereocenters. The first-order chi connectivity index (χ1) is 10.1. The Balaban J connectivity index is 1.92. The number of carbonyl (C=O) groups excluding carboxylic acids is 2. The lowest BCUT2D eigenvalue weighted by Crippen LogP contribution is -2.40. The molecule has 0 saturated carbocycles. The Morgan fingerprint density at radius 1 is 1.33 bits per heavy atom. The summed E-state index contributed by atoms with van der Waals surface area (Å²) in [5.41, 5.74) is 0.606. The van der Waals surface area contributed by atoms with Crippen LogP contribution >= 0.6 is 0 Å². The van der Waals surface area contributed by atoms with Crippen molar-refractivity contribution >= 4 is 23.3 Å². The highest BCUT2D eigenvalue weighted by molar-refractivity contribution is 5.96. The van der Waals surface area contributed by atoms with E-state index in [2.05, 4.69) is 20.5 Å². The molecule has 0 aromatic carbocycles. The highest BCUT2D eigenvalue weighted by Crippen LogP contribution is 2.15. The van der Waals surface area contributed by atoms with Gasteiger partial charge in [-0.2, -0.15) is 0 Å². The van der Waals surface area contributed by atoms with Gasteiger partial charge in [0.2, 0.25) is 11.8 Å². The number of amides is 2. The van der Waals surface area contributed by atoms with Gasteiger partial charge in [0.25, 0.3) is 0 Å². The Labute approximate surface area is 123 Å². The lowest BCUT2D eigenvalue weighted by atomic mass is 10.3. The van der Waals surface area contributed by atoms with Gasteiger partial charge in [-0.05, 0) is 19.1 Å². The molecule has 0 spiro atoms. The first-order valence-electron chi connectivity index (χ1n) is 6.93. The van der Waals surface area contributed by atoms with Crippen LogP contribution in [0, 0.1) is 0 Å². The van der Waals surface area contributed by atoms with E-state index in [1.807, 2.05) is 6.07 Å². The number of carbonyl (C=O) groups is 2. The lowest BCUT2D eigenvalue weighted by Gasteiger charge is -2.27. The summed E-state index contributed by atoms with van der Waals surface area (Å²) in [7, 11) is 0. The molecule has 1 saturated heterocycles. The number of nitrogens with one attached hydrogen (secondary N) is 2. The summed E-state index contributed by atoms with van der Waals surface area (Å²) in [6.45, 7) is 6.05. The fourth-order valence-electron chi connectivity index (χ4n) is 2.06. The van der Waals surface area contributed by atoms with Gasteiger partial charge in [0.15, 0.2) is 0 Å². The molecule has 1 fully saturated rings. The number of aromatic nitrogens is 1. The van der Waals surface area contributed by atoms with Gasteiger partial charge in [0.05, 0.1) is 25.1 Å². The van der Waals surface area contributed by atoms with Crippen molar-refractivity contribution in [3.8, 4) is 0 Å². The number of pyridine rings is 1. The molecule has 0 radical (unpaired) electrons. The average molecular weight is 292 g/mol. The van der Waals surface area contributed by atoms with Crippen LogP contribution in [0.15, 0.2) is 18.3 Å². The number of hydrogen-bond acceptors (Lipinski definition) is 5. The molecular weight excluding hydrogens is 272 g/mol. The second kappa shape index (κ2) is 7.03. The minimum atomic E-state index is -0.582. The average Bonchev–Trinajstić information content (AvgIpc) is 2.48. The van der Waals surface area contributed by atoms with Gasteiger partial charge in [-0.15, -0.1) is 0 Å². The van der Waals surface area contributed by atoms with Crippen molar-refractivity contribution < 1.29 is 14.3 Å². The van der Waals surface area contributed by atoms with E-state index in [0.29, 0.717) is 18.9 Å². The zero-order valence-corrected chi connectivity index (χ0v) is 12.3. The summed E-state index contributed by atoms with van der Waals surface area (Å²) >= 11 is 0. The van der Waals surface area contributed by atoms with E-state index in [9.17, 15) is 9.59 Å². The van der Waals surface area contributed by atoms with Crippen LogP contribution in [0.1, 0.15) is 13.8 Å². The molecule has 1 aromatic rings. The summed E-state index contributed by atoms with van der Waals surface area (Å²) in [5.74, 6) is 0.357. The molecule has 7 nitrogen and oxygen atoms in total. The van der Waals surface area contributed by atoms with E-state index in [1.54, 1.807) is 19.2 Å². The molecule has 114 valence electrons. The number of nitrogens with zero attached hydrogens (tertiary/aromatic N) is 2. The smallest absolute Gasteiger partial charge is 0.246 e. The zero-order chi connectivity index (χ0) is 15.2. The summed E-state index contributed by atoms with van der Waals surface area (Å²) in [6, 6.07) is 3.08. The number of ether oxygens (including phenoxy) is 1. The minimum Gasteiger partial charge on any atom is -0.378 e. The molecule has 1 unspecified atom stereocenters. The van der Waals surface area contributed by atoms with Crippen LogP contribution in [-0.4, -0.2) is 49.1 Å². The second-order valence-corrected chi connectivity index (χ2v) is 4.92. The number of rotatable bonds is 4. The van der Waals surface area contributed by atoms with Crippen molar-refractivity contribution in [2.45, 2.75) is 19.9 Å². The Kier molecular flexibility index (Phi) is 5.10. The molecule has 2 amide bonds. The van der Waals surface area contributed by atoms with Crippen molar-refractivity contribution in [3.05, 3.63) is 18.3 Å². The van der Waals surface area contributed by atoms with E-state index in [4.69, 9.17) is 4.74 Å². The maximum absolute atomic E-state index is 11.9. The molecule has 21 heavy (non-hydrogen) atoms. The SMILES string of the molecule is CC(=O)NC(C)C(=O)Nc1ccc(N2CCOCC2)nc1. The van der Waals surface area contributed by atoms with Gasteiger partial charge in [-0.1, -0.05) is 0 Å². The Hall–Kier alpha value is -2.15. The lowest BCUT2D eigenvalue weighted by molar-refractivity contribution is -0.124. The van der Waals surface area contributed by atoms with Gasteiger partial charge in [-0.3, -0.25) is 9.59 Å². The third-order valence-corrected chi connectivity index (χ3v) is 3.16. The predicted molar refractivity (Wildman–Crippen MR) is 79.2 cm³/mol. The van der Waals surface area contributed by atoms with Crippen LogP contribution in [0.5, 0.6) is 0 Å². The molecule has 0 aliphatic carbocycles. The number of hydrogen-bond donors (Lipinski definition) is 2. The predicted octanol–water partition coefficient (Wildman–Crippen LogP) is 0.381. The number of anilines is 2. The molecule has 7 heteroatoms. The highest BCUT2D eigenvalue weighted by atomic mass is 16.5. The molecule has 1 aliphatic heterocycles. The van der Waals surface area contributed by atoms with Crippen molar-refractivity contribution in [1.29, 1.82) is 0 Å². The summed E-state index contributed by atoms with van der Waals surface area (Å²) in [4.78, 5) is 29.2. The van der Waals surface area contributed by atoms with Crippen LogP contribution in [0.3, 0.4) is 0 Å². The summed E-state index contributed by atoms with van der Waals surface area (Å²) < 4.78 is 5.29. The standard InChI is InChI=1S/C14H20N4O3/c1-10(16-11(2)19)14(20)17-12-3-4-13(15-9-12)18-5-7-21-8-6-18/h3-4,9-10H,5-8H2,1-2H3,(H,16,19)(H,17,20). The van der Waals surface area contributed by atoms with Gasteiger partial charge in [0.1, 0.15) is 11.9 Å². The van der Waals surface area contributed by atoms with Gasteiger partial charge >= 0.3 is 0 Å². The molecule has 2 N–H and O–H groups in total. The molecule has 2 rings (SSSR count). The van der Waals surface area contributed by atoms with Crippen LogP contribution in [0.2, 0.25) is 0 Å². The summed E-state index contributed by atoms with van der Waals surface area (Å²) in [6.07, 6.45) is 1.61. The van der Waals surface area contributed by atoms with E-state index < -0.39 is 6.04 Å². The fraction of sp³-hybridized carbons (Fsp3) is 0.500. The number of morpholine rings is 1. The largest absolute Gasteiger partial charge is 0.378 e. The van der Waals surface area contributed by atoms with Crippen LogP contribution in [0.25, 0.3) is 0 Å². The highest BCUT2D eigenvalue weighted by Gasteiger charge is 2.15. The third-order valence-electron chi connectivity index (χ3n) is 3.16. The van der Waals surface area contributed by atoms with Crippen molar-refractivity contribution in [2.24, 2.45) is 0 Å². The normalized spacial score (nSPS) is 16.2. The monoisotopic (exact) mass is 292 g/mol. The van der Waals surface area contributed by atoms with Crippen LogP contribution in [-0.2, 0) is 14.3 Å². The van der Waals surface area contributed by atoms with E-state index in [1.165, 1.54) is 6.92 Å². The Morgan fingerprint density at radius 2 is 2.05 bits per heavy atom. The van der Waals surface area contributed by atoms with Gasteiger partial charge in [0, 0.05) is 20.0 Å². The third kappa shape index (κ3) is 4.42. The maximum atomic E-state index is 11.9. The molecule has 2 heterocycles. The minimum absolute atomic E-state index is 0.238. The Bertz CT molecular complexity index is 497. The summed E-state index contributed by atoms with van der Waals surface area (Å²) in [5, 5.41) is 5.25. The van der Waals surface area contributed by atoms with Crippen LogP contribution in [0.4, 0.5) is 11.5 Å². The molecule has 0 bridgehead atoms. The topological polar surface area (TPSA) is 83.6 Å².